The van der Waals surface area contributed by atoms with Gasteiger partial charge in [-0.25, -0.2) is 8.78 Å². The molecule has 0 fully saturated rings. The summed E-state index contributed by atoms with van der Waals surface area (Å²) in [6.07, 6.45) is 0. The lowest BCUT2D eigenvalue weighted by Gasteiger charge is -2.12. The number of nitrogens with one attached hydrogen (secondary N) is 1. The molecule has 72 valence electrons. The van der Waals surface area contributed by atoms with Crippen molar-refractivity contribution in [2.75, 3.05) is 12.9 Å². The summed E-state index contributed by atoms with van der Waals surface area (Å²) in [5.74, 6) is -1.36. The third-order valence-corrected chi connectivity index (χ3v) is 2.16. The van der Waals surface area contributed by atoms with E-state index in [0.29, 0.717) is 11.4 Å². The molecule has 0 radical (unpaired) electrons. The number of rotatable bonds is 3. The molecule has 1 aromatic rings. The van der Waals surface area contributed by atoms with Gasteiger partial charge in [0.1, 0.15) is 0 Å². The van der Waals surface area contributed by atoms with Gasteiger partial charge < -0.3 is 5.32 Å². The molecule has 1 unspecified atom stereocenters. The molecule has 0 bridgehead atoms. The van der Waals surface area contributed by atoms with E-state index in [4.69, 9.17) is 11.6 Å². The van der Waals surface area contributed by atoms with Crippen LogP contribution >= 0.6 is 11.6 Å². The number of hydrogen-bond donors (Lipinski definition) is 1. The van der Waals surface area contributed by atoms with Crippen LogP contribution in [-0.2, 0) is 0 Å². The third kappa shape index (κ3) is 2.39. The fourth-order valence-electron chi connectivity index (χ4n) is 1.06. The zero-order chi connectivity index (χ0) is 9.84. The van der Waals surface area contributed by atoms with Crippen LogP contribution in [0.1, 0.15) is 11.6 Å². The van der Waals surface area contributed by atoms with Crippen LogP contribution in [0.3, 0.4) is 0 Å². The van der Waals surface area contributed by atoms with Crippen molar-refractivity contribution in [1.29, 1.82) is 0 Å². The highest BCUT2D eigenvalue weighted by atomic mass is 35.5. The summed E-state index contributed by atoms with van der Waals surface area (Å²) >= 11 is 5.62. The van der Waals surface area contributed by atoms with Crippen LogP contribution in [0.4, 0.5) is 8.78 Å². The van der Waals surface area contributed by atoms with Crippen molar-refractivity contribution in [3.05, 3.63) is 35.4 Å². The minimum atomic E-state index is -0.845. The van der Waals surface area contributed by atoms with E-state index in [2.05, 4.69) is 5.32 Å². The van der Waals surface area contributed by atoms with Gasteiger partial charge in [0.25, 0.3) is 0 Å². The van der Waals surface area contributed by atoms with Crippen molar-refractivity contribution >= 4 is 11.6 Å². The zero-order valence-corrected chi connectivity index (χ0v) is 7.91. The van der Waals surface area contributed by atoms with E-state index in [1.165, 1.54) is 6.07 Å². The smallest absolute Gasteiger partial charge is 0.159 e. The highest BCUT2D eigenvalue weighted by molar-refractivity contribution is 6.18. The minimum Gasteiger partial charge on any atom is -0.312 e. The molecular formula is C9H10ClF2N. The molecule has 0 aliphatic rings. The Morgan fingerprint density at radius 3 is 2.54 bits per heavy atom. The first-order chi connectivity index (χ1) is 6.19. The molecule has 1 rings (SSSR count). The first-order valence-corrected chi connectivity index (χ1v) is 4.40. The average Bonchev–Trinajstić information content (AvgIpc) is 2.13. The lowest BCUT2D eigenvalue weighted by molar-refractivity contribution is 0.504. The van der Waals surface area contributed by atoms with Crippen molar-refractivity contribution in [3.8, 4) is 0 Å². The van der Waals surface area contributed by atoms with E-state index in [0.717, 1.165) is 12.1 Å². The van der Waals surface area contributed by atoms with Gasteiger partial charge in [-0.15, -0.1) is 11.6 Å². The Kier molecular flexibility index (Phi) is 3.63. The molecule has 0 heterocycles. The Hall–Kier alpha value is -0.670. The van der Waals surface area contributed by atoms with Crippen LogP contribution in [-0.4, -0.2) is 12.9 Å². The van der Waals surface area contributed by atoms with Gasteiger partial charge in [0.2, 0.25) is 0 Å². The average molecular weight is 206 g/mol. The first-order valence-electron chi connectivity index (χ1n) is 3.87. The summed E-state index contributed by atoms with van der Waals surface area (Å²) in [6.45, 7) is 0. The van der Waals surface area contributed by atoms with E-state index < -0.39 is 11.6 Å². The Balaban J connectivity index is 2.95. The Morgan fingerprint density at radius 1 is 1.38 bits per heavy atom. The predicted octanol–water partition coefficient (Wildman–Crippen LogP) is 2.46. The molecule has 1 N–H and O–H groups in total. The van der Waals surface area contributed by atoms with Crippen molar-refractivity contribution in [3.63, 3.8) is 0 Å². The Bertz CT molecular complexity index is 287. The largest absolute Gasteiger partial charge is 0.312 e. The third-order valence-electron chi connectivity index (χ3n) is 1.85. The Labute approximate surface area is 80.7 Å². The summed E-state index contributed by atoms with van der Waals surface area (Å²) in [7, 11) is 1.72. The van der Waals surface area contributed by atoms with Crippen molar-refractivity contribution in [2.45, 2.75) is 6.04 Å². The van der Waals surface area contributed by atoms with Gasteiger partial charge in [-0.2, -0.15) is 0 Å². The normalized spacial score (nSPS) is 12.9. The highest BCUT2D eigenvalue weighted by Crippen LogP contribution is 2.16. The monoisotopic (exact) mass is 205 g/mol. The summed E-state index contributed by atoms with van der Waals surface area (Å²) in [5.41, 5.74) is 0.649. The second-order valence-electron chi connectivity index (χ2n) is 2.67. The molecular weight excluding hydrogens is 196 g/mol. The van der Waals surface area contributed by atoms with Crippen molar-refractivity contribution in [1.82, 2.24) is 5.32 Å². The van der Waals surface area contributed by atoms with Gasteiger partial charge in [0.05, 0.1) is 0 Å². The van der Waals surface area contributed by atoms with Gasteiger partial charge in [-0.1, -0.05) is 6.07 Å². The molecule has 0 aromatic heterocycles. The molecule has 0 saturated heterocycles. The fourth-order valence-corrected chi connectivity index (χ4v) is 1.39. The molecule has 0 amide bonds. The van der Waals surface area contributed by atoms with Gasteiger partial charge in [-0.05, 0) is 24.7 Å². The highest BCUT2D eigenvalue weighted by Gasteiger charge is 2.10. The van der Waals surface area contributed by atoms with Crippen LogP contribution in [0, 0.1) is 11.6 Å². The van der Waals surface area contributed by atoms with E-state index in [9.17, 15) is 8.78 Å². The van der Waals surface area contributed by atoms with E-state index in [1.54, 1.807) is 7.05 Å². The van der Waals surface area contributed by atoms with Gasteiger partial charge in [0, 0.05) is 11.9 Å². The van der Waals surface area contributed by atoms with Crippen LogP contribution in [0.5, 0.6) is 0 Å². The summed E-state index contributed by atoms with van der Waals surface area (Å²) in [5, 5.41) is 2.89. The lowest BCUT2D eigenvalue weighted by atomic mass is 10.1. The topological polar surface area (TPSA) is 12.0 Å². The maximum Gasteiger partial charge on any atom is 0.159 e. The molecule has 1 aromatic carbocycles. The summed E-state index contributed by atoms with van der Waals surface area (Å²) < 4.78 is 25.3. The minimum absolute atomic E-state index is 0.142. The first kappa shape index (κ1) is 10.4. The quantitative estimate of drug-likeness (QED) is 0.748. The van der Waals surface area contributed by atoms with Crippen molar-refractivity contribution in [2.24, 2.45) is 0 Å². The van der Waals surface area contributed by atoms with Crippen LogP contribution in [0.25, 0.3) is 0 Å². The molecule has 0 saturated carbocycles. The molecule has 13 heavy (non-hydrogen) atoms. The fraction of sp³-hybridized carbons (Fsp3) is 0.333. The number of hydrogen-bond acceptors (Lipinski definition) is 1. The lowest BCUT2D eigenvalue weighted by Crippen LogP contribution is -2.17. The summed E-state index contributed by atoms with van der Waals surface area (Å²) in [6, 6.07) is 3.62. The molecule has 0 aliphatic heterocycles. The molecule has 0 aliphatic carbocycles. The number of halogens is 3. The van der Waals surface area contributed by atoms with Gasteiger partial charge >= 0.3 is 0 Å². The summed E-state index contributed by atoms with van der Waals surface area (Å²) in [4.78, 5) is 0. The van der Waals surface area contributed by atoms with E-state index in [1.807, 2.05) is 0 Å². The maximum absolute atomic E-state index is 12.8. The van der Waals surface area contributed by atoms with Gasteiger partial charge in [0.15, 0.2) is 11.6 Å². The van der Waals surface area contributed by atoms with Crippen LogP contribution in [0.15, 0.2) is 18.2 Å². The van der Waals surface area contributed by atoms with Gasteiger partial charge in [-0.3, -0.25) is 0 Å². The molecule has 0 spiro atoms. The number of alkyl halides is 1. The van der Waals surface area contributed by atoms with E-state index >= 15 is 0 Å². The maximum atomic E-state index is 12.8. The SMILES string of the molecule is CNC(CCl)c1ccc(F)c(F)c1. The predicted molar refractivity (Wildman–Crippen MR) is 48.9 cm³/mol. The molecule has 4 heteroatoms. The molecule has 1 nitrogen and oxygen atoms in total. The van der Waals surface area contributed by atoms with Crippen LogP contribution in [0.2, 0.25) is 0 Å². The number of benzene rings is 1. The molecule has 1 atom stereocenters. The van der Waals surface area contributed by atoms with E-state index in [-0.39, 0.29) is 6.04 Å². The Morgan fingerprint density at radius 2 is 2.08 bits per heavy atom. The van der Waals surface area contributed by atoms with Crippen LogP contribution < -0.4 is 5.32 Å². The zero-order valence-electron chi connectivity index (χ0n) is 7.15. The second kappa shape index (κ2) is 4.53. The second-order valence-corrected chi connectivity index (χ2v) is 2.98. The van der Waals surface area contributed by atoms with Crippen molar-refractivity contribution < 1.29 is 8.78 Å². The standard InChI is InChI=1S/C9H10ClF2N/c1-13-9(5-10)6-2-3-7(11)8(12)4-6/h2-4,9,13H,5H2,1H3.